The van der Waals surface area contributed by atoms with Gasteiger partial charge in [-0.1, -0.05) is 0 Å². The van der Waals surface area contributed by atoms with Gasteiger partial charge in [0.2, 0.25) is 0 Å². The number of hydrogen-bond acceptors (Lipinski definition) is 5. The monoisotopic (exact) mass is 286 g/mol. The topological polar surface area (TPSA) is 97.2 Å². The predicted octanol–water partition coefficient (Wildman–Crippen LogP) is 2.59. The van der Waals surface area contributed by atoms with Crippen LogP contribution in [0.1, 0.15) is 16.1 Å². The van der Waals surface area contributed by atoms with Gasteiger partial charge in [0, 0.05) is 36.3 Å². The summed E-state index contributed by atoms with van der Waals surface area (Å²) in [5.41, 5.74) is 1.79. The zero-order chi connectivity index (χ0) is 15.4. The van der Waals surface area contributed by atoms with Crippen LogP contribution in [0.4, 0.5) is 17.1 Å². The summed E-state index contributed by atoms with van der Waals surface area (Å²) < 4.78 is 0. The van der Waals surface area contributed by atoms with Gasteiger partial charge in [-0.25, -0.2) is 0 Å². The lowest BCUT2D eigenvalue weighted by Gasteiger charge is -2.07. The first kappa shape index (κ1) is 14.4. The lowest BCUT2D eigenvalue weighted by Crippen LogP contribution is -2.12. The maximum Gasteiger partial charge on any atom is 0.293 e. The van der Waals surface area contributed by atoms with Gasteiger partial charge in [-0.15, -0.1) is 0 Å². The number of nitrogens with zero attached hydrogens (tertiary/aromatic N) is 2. The molecule has 0 bridgehead atoms. The molecule has 0 saturated heterocycles. The van der Waals surface area contributed by atoms with E-state index in [1.54, 1.807) is 25.4 Å². The number of aromatic nitrogens is 1. The Morgan fingerprint density at radius 1 is 1.29 bits per heavy atom. The summed E-state index contributed by atoms with van der Waals surface area (Å²) >= 11 is 0. The molecule has 1 aromatic heterocycles. The summed E-state index contributed by atoms with van der Waals surface area (Å²) in [7, 11) is 1.59. The van der Waals surface area contributed by atoms with Crippen molar-refractivity contribution in [3.05, 3.63) is 57.9 Å². The van der Waals surface area contributed by atoms with E-state index in [4.69, 9.17) is 0 Å². The Morgan fingerprint density at radius 3 is 2.67 bits per heavy atom. The average molecular weight is 286 g/mol. The first-order valence-electron chi connectivity index (χ1n) is 6.21. The van der Waals surface area contributed by atoms with E-state index in [1.807, 2.05) is 6.92 Å². The third-order valence-corrected chi connectivity index (χ3v) is 2.88. The van der Waals surface area contributed by atoms with Crippen LogP contribution in [-0.4, -0.2) is 22.9 Å². The van der Waals surface area contributed by atoms with Crippen LogP contribution < -0.4 is 10.6 Å². The molecule has 1 heterocycles. The maximum absolute atomic E-state index is 12.1. The minimum absolute atomic E-state index is 0.143. The zero-order valence-corrected chi connectivity index (χ0v) is 11.6. The van der Waals surface area contributed by atoms with E-state index >= 15 is 0 Å². The number of pyridine rings is 1. The van der Waals surface area contributed by atoms with Crippen LogP contribution in [0.2, 0.25) is 0 Å². The number of anilines is 2. The Hall–Kier alpha value is -2.96. The number of amides is 1. The summed E-state index contributed by atoms with van der Waals surface area (Å²) in [4.78, 5) is 26.6. The third kappa shape index (κ3) is 3.33. The van der Waals surface area contributed by atoms with Crippen molar-refractivity contribution >= 4 is 23.0 Å². The number of nitro groups is 1. The van der Waals surface area contributed by atoms with Gasteiger partial charge in [-0.2, -0.15) is 0 Å². The van der Waals surface area contributed by atoms with Gasteiger partial charge in [0.25, 0.3) is 11.6 Å². The average Bonchev–Trinajstić information content (AvgIpc) is 2.46. The number of hydrogen-bond donors (Lipinski definition) is 2. The summed E-state index contributed by atoms with van der Waals surface area (Å²) in [6.07, 6.45) is 1.58. The molecule has 1 amide bonds. The highest BCUT2D eigenvalue weighted by molar-refractivity contribution is 6.05. The maximum atomic E-state index is 12.1. The number of carbonyl (C=O) groups excluding carboxylic acids is 1. The Morgan fingerprint density at radius 2 is 2.05 bits per heavy atom. The summed E-state index contributed by atoms with van der Waals surface area (Å²) in [6, 6.07) is 7.65. The van der Waals surface area contributed by atoms with Crippen molar-refractivity contribution in [3.8, 4) is 0 Å². The number of carbonyl (C=O) groups is 1. The minimum atomic E-state index is -0.529. The molecule has 0 aliphatic rings. The van der Waals surface area contributed by atoms with Gasteiger partial charge in [-0.05, 0) is 31.2 Å². The zero-order valence-electron chi connectivity index (χ0n) is 11.6. The highest BCUT2D eigenvalue weighted by atomic mass is 16.6. The summed E-state index contributed by atoms with van der Waals surface area (Å²) in [5.74, 6) is -0.411. The molecule has 7 nitrogen and oxygen atoms in total. The Bertz CT molecular complexity index is 700. The molecule has 0 aliphatic carbocycles. The Kier molecular flexibility index (Phi) is 4.13. The summed E-state index contributed by atoms with van der Waals surface area (Å²) in [5, 5.41) is 16.4. The van der Waals surface area contributed by atoms with Gasteiger partial charge in [-0.3, -0.25) is 19.9 Å². The number of nitrogens with one attached hydrogen (secondary N) is 2. The van der Waals surface area contributed by atoms with Crippen LogP contribution in [0.3, 0.4) is 0 Å². The fourth-order valence-electron chi connectivity index (χ4n) is 1.86. The fraction of sp³-hybridized carbons (Fsp3) is 0.143. The van der Waals surface area contributed by atoms with Crippen LogP contribution in [0.25, 0.3) is 0 Å². The molecule has 0 spiro atoms. The van der Waals surface area contributed by atoms with E-state index in [0.717, 1.165) is 5.69 Å². The molecular weight excluding hydrogens is 272 g/mol. The Balaban J connectivity index is 2.27. The second-order valence-corrected chi connectivity index (χ2v) is 4.38. The number of nitro benzene ring substituents is 1. The standard InChI is InChI=1S/C14H14N4O3/c1-9-7-11(5-6-16-9)17-14(19)10-3-4-12(15-2)13(8-10)18(20)21/h3-8,15H,1-2H3,(H,16,17,19). The molecule has 0 radical (unpaired) electrons. The van der Waals surface area contributed by atoms with Crippen molar-refractivity contribution < 1.29 is 9.72 Å². The highest BCUT2D eigenvalue weighted by Crippen LogP contribution is 2.25. The lowest BCUT2D eigenvalue weighted by molar-refractivity contribution is -0.384. The number of benzene rings is 1. The molecule has 21 heavy (non-hydrogen) atoms. The van der Waals surface area contributed by atoms with Gasteiger partial charge >= 0.3 is 0 Å². The van der Waals surface area contributed by atoms with Gasteiger partial charge in [0.1, 0.15) is 5.69 Å². The third-order valence-electron chi connectivity index (χ3n) is 2.88. The van der Waals surface area contributed by atoms with E-state index in [9.17, 15) is 14.9 Å². The van der Waals surface area contributed by atoms with Gasteiger partial charge < -0.3 is 10.6 Å². The van der Waals surface area contributed by atoms with Crippen LogP contribution in [0.15, 0.2) is 36.5 Å². The van der Waals surface area contributed by atoms with Crippen LogP contribution >= 0.6 is 0 Å². The number of aryl methyl sites for hydroxylation is 1. The molecular formula is C14H14N4O3. The Labute approximate surface area is 121 Å². The van der Waals surface area contributed by atoms with E-state index in [1.165, 1.54) is 18.2 Å². The smallest absolute Gasteiger partial charge is 0.293 e. The van der Waals surface area contributed by atoms with E-state index in [-0.39, 0.29) is 11.3 Å². The number of rotatable bonds is 4. The molecule has 0 unspecified atom stereocenters. The molecule has 7 heteroatoms. The second-order valence-electron chi connectivity index (χ2n) is 4.38. The van der Waals surface area contributed by atoms with Crippen molar-refractivity contribution in [2.75, 3.05) is 17.7 Å². The normalized spacial score (nSPS) is 10.0. The van der Waals surface area contributed by atoms with Crippen molar-refractivity contribution in [1.29, 1.82) is 0 Å². The molecule has 0 saturated carbocycles. The van der Waals surface area contributed by atoms with E-state index in [0.29, 0.717) is 11.4 Å². The van der Waals surface area contributed by atoms with Crippen molar-refractivity contribution in [3.63, 3.8) is 0 Å². The predicted molar refractivity (Wildman–Crippen MR) is 79.6 cm³/mol. The van der Waals surface area contributed by atoms with E-state index < -0.39 is 10.8 Å². The van der Waals surface area contributed by atoms with Gasteiger partial charge in [0.15, 0.2) is 0 Å². The lowest BCUT2D eigenvalue weighted by atomic mass is 10.1. The van der Waals surface area contributed by atoms with Crippen molar-refractivity contribution in [2.24, 2.45) is 0 Å². The fourth-order valence-corrected chi connectivity index (χ4v) is 1.86. The molecule has 2 aromatic rings. The quantitative estimate of drug-likeness (QED) is 0.665. The SMILES string of the molecule is CNc1ccc(C(=O)Nc2ccnc(C)c2)cc1[N+](=O)[O-]. The second kappa shape index (κ2) is 6.00. The first-order valence-corrected chi connectivity index (χ1v) is 6.21. The molecule has 2 rings (SSSR count). The molecule has 108 valence electrons. The molecule has 0 aliphatic heterocycles. The first-order chi connectivity index (χ1) is 10.0. The van der Waals surface area contributed by atoms with Crippen LogP contribution in [0.5, 0.6) is 0 Å². The van der Waals surface area contributed by atoms with Crippen molar-refractivity contribution in [1.82, 2.24) is 4.98 Å². The van der Waals surface area contributed by atoms with E-state index in [2.05, 4.69) is 15.6 Å². The molecule has 1 aromatic carbocycles. The van der Waals surface area contributed by atoms with Crippen LogP contribution in [-0.2, 0) is 0 Å². The van der Waals surface area contributed by atoms with Crippen molar-refractivity contribution in [2.45, 2.75) is 6.92 Å². The van der Waals surface area contributed by atoms with Gasteiger partial charge in [0.05, 0.1) is 4.92 Å². The van der Waals surface area contributed by atoms with Crippen LogP contribution in [0, 0.1) is 17.0 Å². The minimum Gasteiger partial charge on any atom is -0.383 e. The highest BCUT2D eigenvalue weighted by Gasteiger charge is 2.16. The molecule has 2 N–H and O–H groups in total. The summed E-state index contributed by atoms with van der Waals surface area (Å²) in [6.45, 7) is 1.81. The molecule has 0 atom stereocenters. The molecule has 0 fully saturated rings. The largest absolute Gasteiger partial charge is 0.383 e.